The molecule has 5 nitrogen and oxygen atoms in total. The van der Waals surface area contributed by atoms with Gasteiger partial charge in [0.2, 0.25) is 0 Å². The molecule has 0 amide bonds. The lowest BCUT2D eigenvalue weighted by Gasteiger charge is -2.23. The lowest BCUT2D eigenvalue weighted by Crippen LogP contribution is -2.37. The lowest BCUT2D eigenvalue weighted by molar-refractivity contribution is -0.113. The molecule has 4 N–H and O–H groups in total. The molecule has 6 heteroatoms. The first-order valence-corrected chi connectivity index (χ1v) is 10.5. The van der Waals surface area contributed by atoms with Crippen LogP contribution in [0.5, 0.6) is 0 Å². The average Bonchev–Trinajstić information content (AvgIpc) is 2.66. The van der Waals surface area contributed by atoms with Crippen molar-refractivity contribution in [2.24, 2.45) is 11.3 Å². The van der Waals surface area contributed by atoms with E-state index in [1.807, 2.05) is 6.92 Å². The number of rotatable bonds is 16. The van der Waals surface area contributed by atoms with Crippen LogP contribution >= 0.6 is 12.6 Å². The molecule has 0 aromatic rings. The standard InChI is InChI=1S/C15H30OS.C5H12O4/c1-3-4-5-6-7-8-9-10-11-12-13-14(2)15(16)17;6-1-5(2-7,3-8)4-9/h14H,3-13H2,1-2H3,(H,16,17);6-9H,1-4H2. The SMILES string of the molecule is CCCCCCCCCCCCC(C)C(=O)S.OCC(CO)(CO)CO. The lowest BCUT2D eigenvalue weighted by atomic mass is 9.93. The van der Waals surface area contributed by atoms with Gasteiger partial charge in [-0.2, -0.15) is 0 Å². The number of aliphatic hydroxyl groups is 4. The van der Waals surface area contributed by atoms with Crippen molar-refractivity contribution in [3.63, 3.8) is 0 Å². The van der Waals surface area contributed by atoms with E-state index in [2.05, 4.69) is 19.6 Å². The number of carbonyl (C=O) groups is 1. The molecule has 0 radical (unpaired) electrons. The van der Waals surface area contributed by atoms with Gasteiger partial charge >= 0.3 is 0 Å². The molecule has 0 saturated heterocycles. The maximum atomic E-state index is 10.9. The van der Waals surface area contributed by atoms with Crippen LogP contribution in [0.15, 0.2) is 0 Å². The van der Waals surface area contributed by atoms with Crippen molar-refractivity contribution in [2.75, 3.05) is 26.4 Å². The Labute approximate surface area is 165 Å². The average molecular weight is 395 g/mol. The highest BCUT2D eigenvalue weighted by Gasteiger charge is 2.26. The van der Waals surface area contributed by atoms with Crippen LogP contribution in [0.2, 0.25) is 0 Å². The zero-order valence-corrected chi connectivity index (χ0v) is 17.7. The topological polar surface area (TPSA) is 98.0 Å². The molecule has 0 bridgehead atoms. The van der Waals surface area contributed by atoms with Crippen molar-refractivity contribution in [3.8, 4) is 0 Å². The third kappa shape index (κ3) is 16.1. The van der Waals surface area contributed by atoms with Crippen molar-refractivity contribution in [2.45, 2.75) is 84.5 Å². The monoisotopic (exact) mass is 394 g/mol. The molecule has 1 atom stereocenters. The third-order valence-electron chi connectivity index (χ3n) is 4.75. The normalized spacial score (nSPS) is 12.4. The fraction of sp³-hybridized carbons (Fsp3) is 0.950. The summed E-state index contributed by atoms with van der Waals surface area (Å²) in [5.41, 5.74) is -1.11. The van der Waals surface area contributed by atoms with Gasteiger partial charge in [-0.05, 0) is 6.42 Å². The third-order valence-corrected chi connectivity index (χ3v) is 5.19. The Hall–Kier alpha value is -0.140. The minimum absolute atomic E-state index is 0.0425. The predicted molar refractivity (Wildman–Crippen MR) is 110 cm³/mol. The van der Waals surface area contributed by atoms with Gasteiger partial charge in [-0.3, -0.25) is 4.79 Å². The van der Waals surface area contributed by atoms with Crippen LogP contribution in [-0.4, -0.2) is 52.0 Å². The van der Waals surface area contributed by atoms with E-state index in [1.165, 1.54) is 64.2 Å². The molecule has 0 heterocycles. The van der Waals surface area contributed by atoms with Gasteiger partial charge in [0.25, 0.3) is 0 Å². The van der Waals surface area contributed by atoms with E-state index in [1.54, 1.807) is 0 Å². The predicted octanol–water partition coefficient (Wildman–Crippen LogP) is 3.33. The van der Waals surface area contributed by atoms with Crippen LogP contribution in [0.3, 0.4) is 0 Å². The molecule has 0 spiro atoms. The van der Waals surface area contributed by atoms with E-state index < -0.39 is 31.8 Å². The summed E-state index contributed by atoms with van der Waals surface area (Å²) >= 11 is 3.85. The van der Waals surface area contributed by atoms with Gasteiger partial charge < -0.3 is 20.4 Å². The van der Waals surface area contributed by atoms with Crippen LogP contribution in [-0.2, 0) is 4.79 Å². The van der Waals surface area contributed by atoms with Gasteiger partial charge in [-0.25, -0.2) is 0 Å². The Morgan fingerprint density at radius 1 is 0.769 bits per heavy atom. The van der Waals surface area contributed by atoms with Crippen molar-refractivity contribution in [1.29, 1.82) is 0 Å². The molecule has 0 aromatic heterocycles. The molecule has 0 aliphatic heterocycles. The number of unbranched alkanes of at least 4 members (excludes halogenated alkanes) is 9. The molecule has 26 heavy (non-hydrogen) atoms. The second kappa shape index (κ2) is 19.6. The molecule has 0 aliphatic carbocycles. The van der Waals surface area contributed by atoms with Gasteiger partial charge in [0.1, 0.15) is 0 Å². The molecule has 1 unspecified atom stereocenters. The summed E-state index contributed by atoms with van der Waals surface area (Å²) in [4.78, 5) is 10.9. The van der Waals surface area contributed by atoms with Crippen LogP contribution in [0.4, 0.5) is 0 Å². The minimum Gasteiger partial charge on any atom is -0.396 e. The number of thiol groups is 1. The molecule has 158 valence electrons. The van der Waals surface area contributed by atoms with Gasteiger partial charge in [0.15, 0.2) is 5.12 Å². The molecule has 0 saturated carbocycles. The summed E-state index contributed by atoms with van der Waals surface area (Å²) in [6.45, 7) is 2.61. The van der Waals surface area contributed by atoms with Crippen molar-refractivity contribution < 1.29 is 25.2 Å². The zero-order valence-electron chi connectivity index (χ0n) is 16.8. The summed E-state index contributed by atoms with van der Waals surface area (Å²) in [7, 11) is 0. The zero-order chi connectivity index (χ0) is 20.3. The number of aliphatic hydroxyl groups excluding tert-OH is 4. The highest BCUT2D eigenvalue weighted by Crippen LogP contribution is 2.15. The van der Waals surface area contributed by atoms with Crippen LogP contribution in [0.1, 0.15) is 84.5 Å². The second-order valence-electron chi connectivity index (χ2n) is 7.34. The van der Waals surface area contributed by atoms with E-state index in [4.69, 9.17) is 20.4 Å². The van der Waals surface area contributed by atoms with Gasteiger partial charge in [0, 0.05) is 5.92 Å². The fourth-order valence-corrected chi connectivity index (χ4v) is 2.49. The van der Waals surface area contributed by atoms with Gasteiger partial charge in [-0.1, -0.05) is 78.1 Å². The minimum atomic E-state index is -1.11. The first-order valence-electron chi connectivity index (χ1n) is 10.1. The first kappa shape index (κ1) is 28.1. The van der Waals surface area contributed by atoms with Crippen LogP contribution in [0.25, 0.3) is 0 Å². The van der Waals surface area contributed by atoms with E-state index in [-0.39, 0.29) is 11.0 Å². The smallest absolute Gasteiger partial charge is 0.188 e. The van der Waals surface area contributed by atoms with E-state index in [0.717, 1.165) is 6.42 Å². The summed E-state index contributed by atoms with van der Waals surface area (Å²) in [5.74, 6) is 0.146. The summed E-state index contributed by atoms with van der Waals surface area (Å²) < 4.78 is 0. The fourth-order valence-electron chi connectivity index (χ4n) is 2.36. The molecular weight excluding hydrogens is 352 g/mol. The summed E-state index contributed by atoms with van der Waals surface area (Å²) in [5, 5.41) is 34.0. The molecule has 0 aliphatic rings. The van der Waals surface area contributed by atoms with Crippen molar-refractivity contribution >= 4 is 17.7 Å². The quantitative estimate of drug-likeness (QED) is 0.204. The number of hydrogen-bond acceptors (Lipinski definition) is 5. The largest absolute Gasteiger partial charge is 0.396 e. The summed E-state index contributed by atoms with van der Waals surface area (Å²) in [6, 6.07) is 0. The Bertz CT molecular complexity index is 291. The summed E-state index contributed by atoms with van der Waals surface area (Å²) in [6.07, 6.45) is 14.5. The Balaban J connectivity index is 0. The molecule has 0 aromatic carbocycles. The number of hydrogen-bond donors (Lipinski definition) is 5. The van der Waals surface area contributed by atoms with Gasteiger partial charge in [0.05, 0.1) is 31.8 Å². The Morgan fingerprint density at radius 3 is 1.38 bits per heavy atom. The van der Waals surface area contributed by atoms with Crippen molar-refractivity contribution in [3.05, 3.63) is 0 Å². The van der Waals surface area contributed by atoms with E-state index in [9.17, 15) is 4.79 Å². The molecule has 0 fully saturated rings. The maximum absolute atomic E-state index is 10.9. The van der Waals surface area contributed by atoms with E-state index in [0.29, 0.717) is 0 Å². The Kier molecular flexibility index (Phi) is 21.2. The van der Waals surface area contributed by atoms with E-state index >= 15 is 0 Å². The second-order valence-corrected chi connectivity index (χ2v) is 7.78. The molecule has 0 rings (SSSR count). The van der Waals surface area contributed by atoms with Crippen LogP contribution < -0.4 is 0 Å². The van der Waals surface area contributed by atoms with Crippen molar-refractivity contribution in [1.82, 2.24) is 0 Å². The molecular formula is C20H42O5S. The van der Waals surface area contributed by atoms with Gasteiger partial charge in [-0.15, -0.1) is 12.6 Å². The maximum Gasteiger partial charge on any atom is 0.188 e. The first-order chi connectivity index (χ1) is 12.4. The Morgan fingerprint density at radius 2 is 1.12 bits per heavy atom. The van der Waals surface area contributed by atoms with Crippen LogP contribution in [0, 0.1) is 11.3 Å². The highest BCUT2D eigenvalue weighted by atomic mass is 32.1. The number of carbonyl (C=O) groups excluding carboxylic acids is 1. The highest BCUT2D eigenvalue weighted by molar-refractivity contribution is 7.96.